The summed E-state index contributed by atoms with van der Waals surface area (Å²) in [6.45, 7) is 0. The summed E-state index contributed by atoms with van der Waals surface area (Å²) in [4.78, 5) is 0. The molecule has 1 N–H and O–H groups in total. The fourth-order valence-corrected chi connectivity index (χ4v) is 2.53. The van der Waals surface area contributed by atoms with Gasteiger partial charge in [0.15, 0.2) is 0 Å². The quantitative estimate of drug-likeness (QED) is 0.706. The number of methoxy groups -OCH3 is 1. The van der Waals surface area contributed by atoms with Crippen molar-refractivity contribution in [1.82, 2.24) is 5.32 Å². The van der Waals surface area contributed by atoms with Crippen molar-refractivity contribution in [2.45, 2.75) is 24.9 Å². The average molecular weight is 175 g/mol. The maximum absolute atomic E-state index is 5.22. The lowest BCUT2D eigenvalue weighted by molar-refractivity contribution is 0.413. The summed E-state index contributed by atoms with van der Waals surface area (Å²) in [5.74, 6) is 0.980. The molecule has 0 aromatic heterocycles. The summed E-state index contributed by atoms with van der Waals surface area (Å²) >= 11 is 0. The minimum Gasteiger partial charge on any atom is -0.497 e. The number of ether oxygens (including phenoxy) is 1. The van der Waals surface area contributed by atoms with Gasteiger partial charge in [-0.3, -0.25) is 0 Å². The normalized spacial score (nSPS) is 29.0. The molecule has 2 heterocycles. The first-order chi connectivity index (χ1) is 6.38. The van der Waals surface area contributed by atoms with Gasteiger partial charge in [0.05, 0.1) is 7.11 Å². The highest BCUT2D eigenvalue weighted by Crippen LogP contribution is 2.45. The van der Waals surface area contributed by atoms with Crippen LogP contribution in [0.5, 0.6) is 5.75 Å². The van der Waals surface area contributed by atoms with Crippen LogP contribution < -0.4 is 10.1 Å². The average Bonchev–Trinajstić information content (AvgIpc) is 2.77. The van der Waals surface area contributed by atoms with Crippen LogP contribution in [-0.4, -0.2) is 7.11 Å². The molecule has 0 amide bonds. The first kappa shape index (κ1) is 7.39. The van der Waals surface area contributed by atoms with Crippen LogP contribution in [0.3, 0.4) is 0 Å². The van der Waals surface area contributed by atoms with Crippen molar-refractivity contribution in [2.24, 2.45) is 0 Å². The first-order valence-electron chi connectivity index (χ1n) is 4.82. The molecule has 0 spiro atoms. The van der Waals surface area contributed by atoms with Gasteiger partial charge in [0.25, 0.3) is 0 Å². The molecule has 3 rings (SSSR count). The summed E-state index contributed by atoms with van der Waals surface area (Å²) in [7, 11) is 1.72. The fraction of sp³-hybridized carbons (Fsp3) is 0.455. The van der Waals surface area contributed by atoms with Gasteiger partial charge >= 0.3 is 0 Å². The molecule has 1 saturated heterocycles. The van der Waals surface area contributed by atoms with Gasteiger partial charge in [0.1, 0.15) is 5.75 Å². The van der Waals surface area contributed by atoms with Gasteiger partial charge in [-0.25, -0.2) is 0 Å². The third-order valence-corrected chi connectivity index (χ3v) is 3.19. The lowest BCUT2D eigenvalue weighted by atomic mass is 9.92. The molecule has 2 aliphatic heterocycles. The van der Waals surface area contributed by atoms with E-state index < -0.39 is 0 Å². The summed E-state index contributed by atoms with van der Waals surface area (Å²) in [6, 6.07) is 7.64. The molecule has 68 valence electrons. The predicted octanol–water partition coefficient (Wildman–Crippen LogP) is 2.17. The van der Waals surface area contributed by atoms with Crippen LogP contribution in [0, 0.1) is 0 Å². The maximum Gasteiger partial charge on any atom is 0.119 e. The lowest BCUT2D eigenvalue weighted by Crippen LogP contribution is -2.05. The lowest BCUT2D eigenvalue weighted by Gasteiger charge is -2.13. The molecule has 0 radical (unpaired) electrons. The van der Waals surface area contributed by atoms with Crippen LogP contribution in [0.15, 0.2) is 18.2 Å². The second-order valence-electron chi connectivity index (χ2n) is 3.84. The molecule has 2 atom stereocenters. The smallest absolute Gasteiger partial charge is 0.119 e. The van der Waals surface area contributed by atoms with Gasteiger partial charge in [0.2, 0.25) is 0 Å². The number of benzene rings is 1. The van der Waals surface area contributed by atoms with Crippen molar-refractivity contribution in [3.8, 4) is 5.75 Å². The van der Waals surface area contributed by atoms with Gasteiger partial charge in [-0.05, 0) is 36.1 Å². The van der Waals surface area contributed by atoms with E-state index in [2.05, 4.69) is 23.5 Å². The van der Waals surface area contributed by atoms with Gasteiger partial charge < -0.3 is 10.1 Å². The van der Waals surface area contributed by atoms with E-state index in [1.165, 1.54) is 24.0 Å². The summed E-state index contributed by atoms with van der Waals surface area (Å²) < 4.78 is 5.22. The summed E-state index contributed by atoms with van der Waals surface area (Å²) in [5.41, 5.74) is 2.94. The topological polar surface area (TPSA) is 21.3 Å². The third kappa shape index (κ3) is 0.923. The Bertz CT molecular complexity index is 348. The Morgan fingerprint density at radius 1 is 1.23 bits per heavy atom. The molecule has 0 saturated carbocycles. The number of hydrogen-bond acceptors (Lipinski definition) is 2. The minimum absolute atomic E-state index is 0.593. The Kier molecular flexibility index (Phi) is 1.41. The predicted molar refractivity (Wildman–Crippen MR) is 50.8 cm³/mol. The first-order valence-corrected chi connectivity index (χ1v) is 4.82. The van der Waals surface area contributed by atoms with Crippen molar-refractivity contribution >= 4 is 0 Å². The molecule has 2 heteroatoms. The highest BCUT2D eigenvalue weighted by Gasteiger charge is 2.35. The van der Waals surface area contributed by atoms with Crippen LogP contribution in [0.25, 0.3) is 0 Å². The van der Waals surface area contributed by atoms with Crippen molar-refractivity contribution in [3.63, 3.8) is 0 Å². The highest BCUT2D eigenvalue weighted by atomic mass is 16.5. The molecule has 13 heavy (non-hydrogen) atoms. The Morgan fingerprint density at radius 2 is 2.00 bits per heavy atom. The third-order valence-electron chi connectivity index (χ3n) is 3.19. The monoisotopic (exact) mass is 175 g/mol. The minimum atomic E-state index is 0.593. The zero-order valence-corrected chi connectivity index (χ0v) is 7.71. The number of rotatable bonds is 1. The SMILES string of the molecule is COc1ccc2c(c1)C1CCC2N1. The van der Waals surface area contributed by atoms with E-state index in [1.807, 2.05) is 0 Å². The zero-order chi connectivity index (χ0) is 8.84. The zero-order valence-electron chi connectivity index (χ0n) is 7.71. The Labute approximate surface area is 77.9 Å². The van der Waals surface area contributed by atoms with E-state index in [-0.39, 0.29) is 0 Å². The van der Waals surface area contributed by atoms with E-state index in [4.69, 9.17) is 4.74 Å². The fourth-order valence-electron chi connectivity index (χ4n) is 2.53. The van der Waals surface area contributed by atoms with Crippen LogP contribution >= 0.6 is 0 Å². The molecule has 1 aromatic rings. The molecule has 0 aliphatic carbocycles. The van der Waals surface area contributed by atoms with Crippen molar-refractivity contribution in [1.29, 1.82) is 0 Å². The van der Waals surface area contributed by atoms with Gasteiger partial charge in [-0.1, -0.05) is 6.07 Å². The number of hydrogen-bond donors (Lipinski definition) is 1. The van der Waals surface area contributed by atoms with Crippen molar-refractivity contribution in [3.05, 3.63) is 29.3 Å². The maximum atomic E-state index is 5.22. The van der Waals surface area contributed by atoms with Crippen LogP contribution in [0.4, 0.5) is 0 Å². The van der Waals surface area contributed by atoms with Crippen LogP contribution in [0.1, 0.15) is 36.1 Å². The molecule has 2 bridgehead atoms. The summed E-state index contributed by atoms with van der Waals surface area (Å²) in [5, 5.41) is 3.59. The molecular formula is C11H13NO. The molecule has 1 aromatic carbocycles. The van der Waals surface area contributed by atoms with Crippen molar-refractivity contribution < 1.29 is 4.74 Å². The molecule has 2 nitrogen and oxygen atoms in total. The van der Waals surface area contributed by atoms with E-state index in [9.17, 15) is 0 Å². The second kappa shape index (κ2) is 2.48. The number of nitrogens with one attached hydrogen (secondary N) is 1. The Morgan fingerprint density at radius 3 is 2.77 bits per heavy atom. The number of fused-ring (bicyclic) bond motifs is 5. The van der Waals surface area contributed by atoms with E-state index in [0.29, 0.717) is 12.1 Å². The van der Waals surface area contributed by atoms with Gasteiger partial charge in [-0.2, -0.15) is 0 Å². The summed E-state index contributed by atoms with van der Waals surface area (Å²) in [6.07, 6.45) is 2.58. The molecular weight excluding hydrogens is 162 g/mol. The Hall–Kier alpha value is -1.02. The van der Waals surface area contributed by atoms with E-state index >= 15 is 0 Å². The van der Waals surface area contributed by atoms with Gasteiger partial charge in [-0.15, -0.1) is 0 Å². The van der Waals surface area contributed by atoms with Crippen LogP contribution in [0.2, 0.25) is 0 Å². The molecule has 2 aliphatic rings. The molecule has 2 unspecified atom stereocenters. The largest absolute Gasteiger partial charge is 0.497 e. The molecule has 1 fully saturated rings. The highest BCUT2D eigenvalue weighted by molar-refractivity contribution is 5.44. The standard InChI is InChI=1S/C11H13NO/c1-13-7-2-3-8-9(6-7)11-5-4-10(8)12-11/h2-3,6,10-12H,4-5H2,1H3. The van der Waals surface area contributed by atoms with E-state index in [1.54, 1.807) is 7.11 Å². The van der Waals surface area contributed by atoms with Crippen molar-refractivity contribution in [2.75, 3.05) is 7.11 Å². The Balaban J connectivity index is 2.11. The van der Waals surface area contributed by atoms with Crippen LogP contribution in [-0.2, 0) is 0 Å². The van der Waals surface area contributed by atoms with E-state index in [0.717, 1.165) is 5.75 Å². The second-order valence-corrected chi connectivity index (χ2v) is 3.84. The van der Waals surface area contributed by atoms with Gasteiger partial charge in [0, 0.05) is 12.1 Å².